The number of carbonyl (C=O) groups is 1. The second kappa shape index (κ2) is 10.0. The lowest BCUT2D eigenvalue weighted by Crippen LogP contribution is -2.41. The van der Waals surface area contributed by atoms with E-state index in [-0.39, 0.29) is 23.6 Å². The monoisotopic (exact) mass is 419 g/mol. The number of rotatable bonds is 9. The quantitative estimate of drug-likeness (QED) is 0.649. The highest BCUT2D eigenvalue weighted by atomic mass is 32.2. The highest BCUT2D eigenvalue weighted by molar-refractivity contribution is 7.89. The summed E-state index contributed by atoms with van der Waals surface area (Å²) in [6.07, 6.45) is 8.12. The van der Waals surface area contributed by atoms with E-state index in [1.165, 1.54) is 6.39 Å². The number of carbonyl (C=O) groups excluding carboxylic acids is 1. The minimum atomic E-state index is -3.21. The van der Waals surface area contributed by atoms with Gasteiger partial charge in [0, 0.05) is 23.7 Å². The normalized spacial score (nSPS) is 19.8. The number of aromatic nitrogens is 1. The molecule has 1 aromatic heterocycles. The third-order valence-electron chi connectivity index (χ3n) is 5.31. The van der Waals surface area contributed by atoms with Gasteiger partial charge in [-0.2, -0.15) is 0 Å². The minimum Gasteiger partial charge on any atom is -0.444 e. The molecule has 1 aliphatic rings. The lowest BCUT2D eigenvalue weighted by Gasteiger charge is -2.29. The molecule has 2 atom stereocenters. The van der Waals surface area contributed by atoms with Crippen molar-refractivity contribution >= 4 is 15.9 Å². The van der Waals surface area contributed by atoms with Gasteiger partial charge in [-0.25, -0.2) is 18.1 Å². The van der Waals surface area contributed by atoms with E-state index in [1.54, 1.807) is 18.3 Å². The van der Waals surface area contributed by atoms with Crippen molar-refractivity contribution in [1.29, 1.82) is 0 Å². The molecule has 158 valence electrons. The molecule has 1 aromatic carbocycles. The van der Waals surface area contributed by atoms with Crippen molar-refractivity contribution in [2.75, 3.05) is 12.3 Å². The molecular weight excluding hydrogens is 390 g/mol. The van der Waals surface area contributed by atoms with Gasteiger partial charge in [-0.1, -0.05) is 31.9 Å². The summed E-state index contributed by atoms with van der Waals surface area (Å²) in [5, 5.41) is 2.99. The molecule has 0 unspecified atom stereocenters. The Morgan fingerprint density at radius 2 is 2.03 bits per heavy atom. The molecule has 1 heterocycles. The minimum absolute atomic E-state index is 0.0336. The Kier molecular flexibility index (Phi) is 7.44. The molecule has 1 fully saturated rings. The van der Waals surface area contributed by atoms with E-state index >= 15 is 0 Å². The molecule has 0 spiro atoms. The summed E-state index contributed by atoms with van der Waals surface area (Å²) in [6, 6.07) is 7.15. The second-order valence-corrected chi connectivity index (χ2v) is 9.55. The fraction of sp³-hybridized carbons (Fsp3) is 0.524. The second-order valence-electron chi connectivity index (χ2n) is 7.67. The van der Waals surface area contributed by atoms with Crippen LogP contribution in [0.1, 0.15) is 55.8 Å². The van der Waals surface area contributed by atoms with Gasteiger partial charge in [0.05, 0.1) is 11.9 Å². The lowest BCUT2D eigenvalue weighted by molar-refractivity contribution is 0.0942. The van der Waals surface area contributed by atoms with E-state index < -0.39 is 10.0 Å². The van der Waals surface area contributed by atoms with Gasteiger partial charge in [-0.15, -0.1) is 0 Å². The lowest BCUT2D eigenvalue weighted by atomic mass is 9.86. The summed E-state index contributed by atoms with van der Waals surface area (Å²) in [5.74, 6) is 0.997. The Balaban J connectivity index is 1.48. The molecule has 0 saturated heterocycles. The molecular formula is C21H29N3O4S. The van der Waals surface area contributed by atoms with Crippen molar-refractivity contribution in [3.05, 3.63) is 42.4 Å². The molecule has 1 aliphatic carbocycles. The molecule has 8 heteroatoms. The number of nitrogens with zero attached hydrogens (tertiary/aromatic N) is 1. The Labute approximate surface area is 172 Å². The summed E-state index contributed by atoms with van der Waals surface area (Å²) < 4.78 is 32.4. The van der Waals surface area contributed by atoms with E-state index in [0.717, 1.165) is 37.7 Å². The zero-order valence-electron chi connectivity index (χ0n) is 16.8. The molecule has 2 N–H and O–H groups in total. The molecule has 7 nitrogen and oxygen atoms in total. The van der Waals surface area contributed by atoms with Gasteiger partial charge in [0.2, 0.25) is 10.0 Å². The van der Waals surface area contributed by atoms with Crippen LogP contribution in [0.5, 0.6) is 0 Å². The molecule has 1 amide bonds. The highest BCUT2D eigenvalue weighted by Gasteiger charge is 2.25. The number of benzene rings is 1. The number of oxazole rings is 1. The van der Waals surface area contributed by atoms with Crippen molar-refractivity contribution in [3.63, 3.8) is 0 Å². The maximum Gasteiger partial charge on any atom is 0.251 e. The summed E-state index contributed by atoms with van der Waals surface area (Å²) in [4.78, 5) is 16.3. The van der Waals surface area contributed by atoms with Crippen molar-refractivity contribution in [1.82, 2.24) is 15.0 Å². The van der Waals surface area contributed by atoms with Gasteiger partial charge < -0.3 is 9.73 Å². The summed E-state index contributed by atoms with van der Waals surface area (Å²) in [7, 11) is -3.21. The Morgan fingerprint density at radius 3 is 2.72 bits per heavy atom. The fourth-order valence-electron chi connectivity index (χ4n) is 3.71. The van der Waals surface area contributed by atoms with Gasteiger partial charge in [0.25, 0.3) is 5.91 Å². The van der Waals surface area contributed by atoms with Crippen LogP contribution in [0.4, 0.5) is 0 Å². The third-order valence-corrected chi connectivity index (χ3v) is 6.83. The van der Waals surface area contributed by atoms with Crippen LogP contribution >= 0.6 is 0 Å². The first-order chi connectivity index (χ1) is 14.0. The van der Waals surface area contributed by atoms with Crippen LogP contribution in [-0.2, 0) is 10.0 Å². The van der Waals surface area contributed by atoms with Crippen LogP contribution in [0.2, 0.25) is 0 Å². The average molecular weight is 420 g/mol. The number of amides is 1. The maximum atomic E-state index is 12.5. The summed E-state index contributed by atoms with van der Waals surface area (Å²) >= 11 is 0. The molecule has 2 aromatic rings. The van der Waals surface area contributed by atoms with Crippen molar-refractivity contribution in [2.24, 2.45) is 5.92 Å². The number of unbranched alkanes of at least 4 members (excludes halogenated alkanes) is 1. The predicted octanol–water partition coefficient (Wildman–Crippen LogP) is 3.35. The Hall–Kier alpha value is -2.19. The van der Waals surface area contributed by atoms with Gasteiger partial charge in [-0.05, 0) is 43.7 Å². The Morgan fingerprint density at radius 1 is 1.24 bits per heavy atom. The zero-order chi connectivity index (χ0) is 20.7. The molecule has 29 heavy (non-hydrogen) atoms. The topological polar surface area (TPSA) is 101 Å². The number of hydrogen-bond acceptors (Lipinski definition) is 5. The van der Waals surface area contributed by atoms with Crippen molar-refractivity contribution in [3.8, 4) is 11.3 Å². The largest absolute Gasteiger partial charge is 0.444 e. The molecule has 3 rings (SSSR count). The van der Waals surface area contributed by atoms with Crippen LogP contribution in [-0.4, -0.2) is 37.6 Å². The first kappa shape index (κ1) is 21.5. The molecule has 0 radical (unpaired) electrons. The van der Waals surface area contributed by atoms with Gasteiger partial charge >= 0.3 is 0 Å². The molecule has 0 aliphatic heterocycles. The maximum absolute atomic E-state index is 12.5. The first-order valence-corrected chi connectivity index (χ1v) is 11.9. The number of nitrogens with one attached hydrogen (secondary N) is 2. The SMILES string of the molecule is CCCCS(=O)(=O)N[C@H]1CCC[C@@H](CNC(=O)c2ccc(-c3cnco3)cc2)C1. The van der Waals surface area contributed by atoms with E-state index in [0.29, 0.717) is 24.3 Å². The van der Waals surface area contributed by atoms with Crippen molar-refractivity contribution in [2.45, 2.75) is 51.5 Å². The van der Waals surface area contributed by atoms with Crippen molar-refractivity contribution < 1.29 is 17.6 Å². The van der Waals surface area contributed by atoms with Crippen LogP contribution in [0, 0.1) is 5.92 Å². The van der Waals surface area contributed by atoms with E-state index in [4.69, 9.17) is 4.42 Å². The van der Waals surface area contributed by atoms with Crippen LogP contribution < -0.4 is 10.0 Å². The molecule has 0 bridgehead atoms. The number of hydrogen-bond donors (Lipinski definition) is 2. The Bertz CT molecular complexity index is 879. The summed E-state index contributed by atoms with van der Waals surface area (Å²) in [6.45, 7) is 2.53. The van der Waals surface area contributed by atoms with Crippen LogP contribution in [0.3, 0.4) is 0 Å². The van der Waals surface area contributed by atoms with E-state index in [9.17, 15) is 13.2 Å². The van der Waals surface area contributed by atoms with Crippen LogP contribution in [0.15, 0.2) is 41.3 Å². The molecule has 1 saturated carbocycles. The zero-order valence-corrected chi connectivity index (χ0v) is 17.6. The standard InChI is InChI=1S/C21H29N3O4S/c1-2-3-11-29(26,27)24-19-6-4-5-16(12-19)13-23-21(25)18-9-7-17(8-10-18)20-14-22-15-28-20/h7-10,14-16,19,24H,2-6,11-13H2,1H3,(H,23,25)/t16-,19+/m1/s1. The van der Waals surface area contributed by atoms with Gasteiger partial charge in [-0.3, -0.25) is 4.79 Å². The predicted molar refractivity (Wildman–Crippen MR) is 112 cm³/mol. The smallest absolute Gasteiger partial charge is 0.251 e. The highest BCUT2D eigenvalue weighted by Crippen LogP contribution is 2.25. The van der Waals surface area contributed by atoms with Crippen LogP contribution in [0.25, 0.3) is 11.3 Å². The summed E-state index contributed by atoms with van der Waals surface area (Å²) in [5.41, 5.74) is 1.45. The van der Waals surface area contributed by atoms with E-state index in [1.807, 2.05) is 19.1 Å². The van der Waals surface area contributed by atoms with E-state index in [2.05, 4.69) is 15.0 Å². The average Bonchev–Trinajstić information content (AvgIpc) is 3.25. The first-order valence-electron chi connectivity index (χ1n) is 10.2. The van der Waals surface area contributed by atoms with Gasteiger partial charge in [0.1, 0.15) is 0 Å². The van der Waals surface area contributed by atoms with Gasteiger partial charge in [0.15, 0.2) is 12.2 Å². The number of sulfonamides is 1. The third kappa shape index (κ3) is 6.40. The fourth-order valence-corrected chi connectivity index (χ4v) is 5.22.